The number of carbonyl (C=O) groups excluding carboxylic acids is 2. The fourth-order valence-electron chi connectivity index (χ4n) is 2.71. The SMILES string of the molecule is COC(=O)c1cccc(NC(=O)C(c2ccc(OC)cc2)C(C)C)c1. The molecule has 1 amide bonds. The van der Waals surface area contributed by atoms with Crippen molar-refractivity contribution in [3.63, 3.8) is 0 Å². The average Bonchev–Trinajstić information content (AvgIpc) is 2.61. The normalized spacial score (nSPS) is 11.7. The van der Waals surface area contributed by atoms with Gasteiger partial charge in [-0.1, -0.05) is 32.0 Å². The van der Waals surface area contributed by atoms with E-state index in [0.717, 1.165) is 11.3 Å². The molecule has 0 aliphatic heterocycles. The van der Waals surface area contributed by atoms with Gasteiger partial charge in [0.1, 0.15) is 5.75 Å². The lowest BCUT2D eigenvalue weighted by Crippen LogP contribution is -2.25. The van der Waals surface area contributed by atoms with Crippen LogP contribution in [0, 0.1) is 5.92 Å². The van der Waals surface area contributed by atoms with Crippen LogP contribution < -0.4 is 10.1 Å². The first-order valence-electron chi connectivity index (χ1n) is 8.09. The first-order valence-corrected chi connectivity index (χ1v) is 8.09. The first kappa shape index (κ1) is 18.5. The summed E-state index contributed by atoms with van der Waals surface area (Å²) < 4.78 is 9.88. The van der Waals surface area contributed by atoms with Crippen LogP contribution in [0.1, 0.15) is 35.7 Å². The van der Waals surface area contributed by atoms with Gasteiger partial charge in [0.2, 0.25) is 5.91 Å². The number of hydrogen-bond donors (Lipinski definition) is 1. The van der Waals surface area contributed by atoms with E-state index >= 15 is 0 Å². The van der Waals surface area contributed by atoms with Crippen LogP contribution in [0.3, 0.4) is 0 Å². The Bertz CT molecular complexity index is 738. The van der Waals surface area contributed by atoms with Crippen molar-refractivity contribution in [3.8, 4) is 5.75 Å². The van der Waals surface area contributed by atoms with Crippen LogP contribution in [-0.4, -0.2) is 26.1 Å². The molecule has 132 valence electrons. The van der Waals surface area contributed by atoms with Gasteiger partial charge in [-0.15, -0.1) is 0 Å². The number of nitrogens with one attached hydrogen (secondary N) is 1. The van der Waals surface area contributed by atoms with E-state index in [4.69, 9.17) is 9.47 Å². The number of carbonyl (C=O) groups is 2. The molecule has 0 saturated carbocycles. The maximum absolute atomic E-state index is 12.8. The predicted octanol–water partition coefficient (Wildman–Crippen LogP) is 3.86. The highest BCUT2D eigenvalue weighted by molar-refractivity contribution is 5.97. The van der Waals surface area contributed by atoms with Crippen molar-refractivity contribution in [1.82, 2.24) is 0 Å². The molecule has 5 heteroatoms. The Morgan fingerprint density at radius 1 is 1.00 bits per heavy atom. The van der Waals surface area contributed by atoms with Crippen LogP contribution in [0.15, 0.2) is 48.5 Å². The highest BCUT2D eigenvalue weighted by atomic mass is 16.5. The molecule has 0 fully saturated rings. The van der Waals surface area contributed by atoms with E-state index in [2.05, 4.69) is 5.32 Å². The Morgan fingerprint density at radius 3 is 2.24 bits per heavy atom. The summed E-state index contributed by atoms with van der Waals surface area (Å²) in [6.45, 7) is 4.00. The molecule has 0 aliphatic rings. The van der Waals surface area contributed by atoms with Crippen molar-refractivity contribution >= 4 is 17.6 Å². The van der Waals surface area contributed by atoms with Gasteiger partial charge in [-0.25, -0.2) is 4.79 Å². The largest absolute Gasteiger partial charge is 0.497 e. The highest BCUT2D eigenvalue weighted by Gasteiger charge is 2.24. The third-order valence-electron chi connectivity index (χ3n) is 3.98. The van der Waals surface area contributed by atoms with E-state index in [1.54, 1.807) is 31.4 Å². The summed E-state index contributed by atoms with van der Waals surface area (Å²) in [6.07, 6.45) is 0. The van der Waals surface area contributed by atoms with Gasteiger partial charge in [0.05, 0.1) is 25.7 Å². The van der Waals surface area contributed by atoms with Gasteiger partial charge in [-0.05, 0) is 41.8 Å². The molecule has 25 heavy (non-hydrogen) atoms. The maximum atomic E-state index is 12.8. The number of benzene rings is 2. The second-order valence-corrected chi connectivity index (χ2v) is 6.06. The number of anilines is 1. The molecule has 2 aromatic rings. The monoisotopic (exact) mass is 341 g/mol. The van der Waals surface area contributed by atoms with E-state index in [1.165, 1.54) is 7.11 Å². The summed E-state index contributed by atoms with van der Waals surface area (Å²) in [6, 6.07) is 14.2. The Labute approximate surface area is 148 Å². The van der Waals surface area contributed by atoms with Crippen molar-refractivity contribution in [2.24, 2.45) is 5.92 Å². The van der Waals surface area contributed by atoms with Crippen LogP contribution >= 0.6 is 0 Å². The standard InChI is InChI=1S/C20H23NO4/c1-13(2)18(14-8-10-17(24-3)11-9-14)19(22)21-16-7-5-6-15(12-16)20(23)25-4/h5-13,18H,1-4H3,(H,21,22). The van der Waals surface area contributed by atoms with Gasteiger partial charge in [0.15, 0.2) is 0 Å². The van der Waals surface area contributed by atoms with E-state index in [1.807, 2.05) is 38.1 Å². The topological polar surface area (TPSA) is 64.6 Å². The minimum absolute atomic E-state index is 0.109. The molecular weight excluding hydrogens is 318 g/mol. The minimum Gasteiger partial charge on any atom is -0.497 e. The Kier molecular flexibility index (Phi) is 6.17. The summed E-state index contributed by atoms with van der Waals surface area (Å²) in [5.41, 5.74) is 1.87. The van der Waals surface area contributed by atoms with Crippen LogP contribution in [0.25, 0.3) is 0 Å². The summed E-state index contributed by atoms with van der Waals surface area (Å²) in [5.74, 6) is -0.0174. The van der Waals surface area contributed by atoms with Gasteiger partial charge in [-0.2, -0.15) is 0 Å². The molecule has 0 radical (unpaired) electrons. The fourth-order valence-corrected chi connectivity index (χ4v) is 2.71. The Balaban J connectivity index is 2.22. The Morgan fingerprint density at radius 2 is 1.68 bits per heavy atom. The molecule has 0 spiro atoms. The predicted molar refractivity (Wildman–Crippen MR) is 97.0 cm³/mol. The molecule has 1 N–H and O–H groups in total. The second-order valence-electron chi connectivity index (χ2n) is 6.06. The van der Waals surface area contributed by atoms with Gasteiger partial charge >= 0.3 is 5.97 Å². The van der Waals surface area contributed by atoms with Gasteiger partial charge in [0, 0.05) is 5.69 Å². The molecule has 1 unspecified atom stereocenters. The zero-order valence-corrected chi connectivity index (χ0v) is 14.9. The van der Waals surface area contributed by atoms with Crippen LogP contribution in [0.2, 0.25) is 0 Å². The molecule has 1 atom stereocenters. The Hall–Kier alpha value is -2.82. The lowest BCUT2D eigenvalue weighted by Gasteiger charge is -2.21. The van der Waals surface area contributed by atoms with Crippen molar-refractivity contribution in [2.45, 2.75) is 19.8 Å². The van der Waals surface area contributed by atoms with Gasteiger partial charge in [-0.3, -0.25) is 4.79 Å². The fraction of sp³-hybridized carbons (Fsp3) is 0.300. The molecule has 2 rings (SSSR count). The summed E-state index contributed by atoms with van der Waals surface area (Å²) in [5, 5.41) is 2.89. The minimum atomic E-state index is -0.438. The molecule has 0 aliphatic carbocycles. The quantitative estimate of drug-likeness (QED) is 0.810. The van der Waals surface area contributed by atoms with Crippen molar-refractivity contribution in [2.75, 3.05) is 19.5 Å². The number of ether oxygens (including phenoxy) is 2. The number of esters is 1. The van der Waals surface area contributed by atoms with Crippen LogP contribution in [0.4, 0.5) is 5.69 Å². The number of methoxy groups -OCH3 is 2. The summed E-state index contributed by atoms with van der Waals surface area (Å²) in [7, 11) is 2.93. The molecule has 0 bridgehead atoms. The number of hydrogen-bond acceptors (Lipinski definition) is 4. The van der Waals surface area contributed by atoms with E-state index in [0.29, 0.717) is 11.3 Å². The molecule has 0 saturated heterocycles. The molecule has 5 nitrogen and oxygen atoms in total. The summed E-state index contributed by atoms with van der Waals surface area (Å²) in [4.78, 5) is 24.4. The molecule has 0 aromatic heterocycles. The first-order chi connectivity index (χ1) is 12.0. The van der Waals surface area contributed by atoms with Crippen LogP contribution in [-0.2, 0) is 9.53 Å². The lowest BCUT2D eigenvalue weighted by molar-refractivity contribution is -0.118. The molecule has 2 aromatic carbocycles. The molecular formula is C20H23NO4. The van der Waals surface area contributed by atoms with Gasteiger partial charge < -0.3 is 14.8 Å². The van der Waals surface area contributed by atoms with Crippen molar-refractivity contribution < 1.29 is 19.1 Å². The third-order valence-corrected chi connectivity index (χ3v) is 3.98. The smallest absolute Gasteiger partial charge is 0.337 e. The molecule has 0 heterocycles. The summed E-state index contributed by atoms with van der Waals surface area (Å²) >= 11 is 0. The number of rotatable bonds is 6. The van der Waals surface area contributed by atoms with Crippen molar-refractivity contribution in [1.29, 1.82) is 0 Å². The van der Waals surface area contributed by atoms with Crippen LogP contribution in [0.5, 0.6) is 5.75 Å². The number of amides is 1. The average molecular weight is 341 g/mol. The van der Waals surface area contributed by atoms with E-state index < -0.39 is 5.97 Å². The zero-order valence-electron chi connectivity index (χ0n) is 14.9. The highest BCUT2D eigenvalue weighted by Crippen LogP contribution is 2.28. The maximum Gasteiger partial charge on any atom is 0.337 e. The van der Waals surface area contributed by atoms with E-state index in [9.17, 15) is 9.59 Å². The van der Waals surface area contributed by atoms with Crippen molar-refractivity contribution in [3.05, 3.63) is 59.7 Å². The second kappa shape index (κ2) is 8.33. The van der Waals surface area contributed by atoms with E-state index in [-0.39, 0.29) is 17.7 Å². The lowest BCUT2D eigenvalue weighted by atomic mass is 9.87. The zero-order chi connectivity index (χ0) is 18.4. The van der Waals surface area contributed by atoms with Gasteiger partial charge in [0.25, 0.3) is 0 Å². The third kappa shape index (κ3) is 4.59.